The maximum atomic E-state index is 11.4. The molecule has 1 heterocycles. The number of carbonyl (C=O) groups is 2. The van der Waals surface area contributed by atoms with E-state index in [9.17, 15) is 9.59 Å². The number of amides is 1. The van der Waals surface area contributed by atoms with Crippen molar-refractivity contribution in [1.29, 1.82) is 0 Å². The SMILES string of the molecule is Cc1ccc(C(N)=O)c(N(CC(=O)O)C(C)C)n1. The highest BCUT2D eigenvalue weighted by atomic mass is 16.4. The molecule has 0 unspecified atom stereocenters. The number of primary amides is 1. The molecule has 18 heavy (non-hydrogen) atoms. The van der Waals surface area contributed by atoms with Gasteiger partial charge in [-0.1, -0.05) is 0 Å². The van der Waals surface area contributed by atoms with Crippen LogP contribution in [-0.2, 0) is 4.79 Å². The molecule has 0 bridgehead atoms. The van der Waals surface area contributed by atoms with E-state index in [0.717, 1.165) is 0 Å². The number of hydrogen-bond acceptors (Lipinski definition) is 4. The Morgan fingerprint density at radius 2 is 2.06 bits per heavy atom. The minimum absolute atomic E-state index is 0.103. The Kier molecular flexibility index (Phi) is 4.25. The maximum absolute atomic E-state index is 11.4. The molecule has 0 spiro atoms. The summed E-state index contributed by atoms with van der Waals surface area (Å²) >= 11 is 0. The number of hydrogen-bond donors (Lipinski definition) is 2. The lowest BCUT2D eigenvalue weighted by Gasteiger charge is -2.27. The highest BCUT2D eigenvalue weighted by Crippen LogP contribution is 2.20. The van der Waals surface area contributed by atoms with Crippen LogP contribution < -0.4 is 10.6 Å². The van der Waals surface area contributed by atoms with Crippen LogP contribution >= 0.6 is 0 Å². The van der Waals surface area contributed by atoms with E-state index >= 15 is 0 Å². The average molecular weight is 251 g/mol. The van der Waals surface area contributed by atoms with Gasteiger partial charge in [-0.15, -0.1) is 0 Å². The number of pyridine rings is 1. The van der Waals surface area contributed by atoms with Crippen LogP contribution in [0.15, 0.2) is 12.1 Å². The zero-order valence-electron chi connectivity index (χ0n) is 10.7. The molecule has 0 aliphatic rings. The fourth-order valence-corrected chi connectivity index (χ4v) is 1.60. The van der Waals surface area contributed by atoms with Crippen LogP contribution in [0.5, 0.6) is 0 Å². The number of anilines is 1. The van der Waals surface area contributed by atoms with E-state index in [4.69, 9.17) is 10.8 Å². The van der Waals surface area contributed by atoms with Crippen molar-refractivity contribution in [3.8, 4) is 0 Å². The summed E-state index contributed by atoms with van der Waals surface area (Å²) in [5.41, 5.74) is 6.21. The zero-order chi connectivity index (χ0) is 13.9. The van der Waals surface area contributed by atoms with Gasteiger partial charge in [0.1, 0.15) is 12.4 Å². The zero-order valence-corrected chi connectivity index (χ0v) is 10.7. The number of aryl methyl sites for hydroxylation is 1. The van der Waals surface area contributed by atoms with E-state index in [2.05, 4.69) is 4.98 Å². The van der Waals surface area contributed by atoms with Gasteiger partial charge < -0.3 is 15.7 Å². The van der Waals surface area contributed by atoms with Gasteiger partial charge in [0.15, 0.2) is 0 Å². The smallest absolute Gasteiger partial charge is 0.323 e. The summed E-state index contributed by atoms with van der Waals surface area (Å²) in [7, 11) is 0. The van der Waals surface area contributed by atoms with Crippen molar-refractivity contribution in [2.75, 3.05) is 11.4 Å². The summed E-state index contributed by atoms with van der Waals surface area (Å²) < 4.78 is 0. The second-order valence-electron chi connectivity index (χ2n) is 4.30. The lowest BCUT2D eigenvalue weighted by Crippen LogP contribution is -2.38. The molecule has 3 N–H and O–H groups in total. The number of aliphatic carboxylic acids is 1. The molecule has 0 aliphatic heterocycles. The first-order valence-electron chi connectivity index (χ1n) is 5.58. The first kappa shape index (κ1) is 14.0. The second-order valence-corrected chi connectivity index (χ2v) is 4.30. The number of nitrogens with two attached hydrogens (primary N) is 1. The molecule has 0 saturated carbocycles. The van der Waals surface area contributed by atoms with Gasteiger partial charge in [-0.05, 0) is 32.9 Å². The fraction of sp³-hybridized carbons (Fsp3) is 0.417. The molecule has 0 saturated heterocycles. The van der Waals surface area contributed by atoms with Crippen molar-refractivity contribution in [2.45, 2.75) is 26.8 Å². The van der Waals surface area contributed by atoms with Crippen molar-refractivity contribution >= 4 is 17.7 Å². The Balaban J connectivity index is 3.29. The van der Waals surface area contributed by atoms with Crippen molar-refractivity contribution in [3.05, 3.63) is 23.4 Å². The number of carbonyl (C=O) groups excluding carboxylic acids is 1. The molecule has 0 atom stereocenters. The normalized spacial score (nSPS) is 10.4. The van der Waals surface area contributed by atoms with E-state index < -0.39 is 11.9 Å². The largest absolute Gasteiger partial charge is 0.480 e. The second kappa shape index (κ2) is 5.48. The minimum atomic E-state index is -0.984. The van der Waals surface area contributed by atoms with Crippen LogP contribution in [0, 0.1) is 6.92 Å². The van der Waals surface area contributed by atoms with Crippen molar-refractivity contribution in [3.63, 3.8) is 0 Å². The van der Waals surface area contributed by atoms with E-state index in [-0.39, 0.29) is 18.2 Å². The Bertz CT molecular complexity index is 472. The number of carboxylic acid groups (broad SMARTS) is 1. The summed E-state index contributed by atoms with van der Waals surface area (Å²) in [6.07, 6.45) is 0. The van der Waals surface area contributed by atoms with Gasteiger partial charge in [0.05, 0.1) is 5.56 Å². The summed E-state index contributed by atoms with van der Waals surface area (Å²) in [6.45, 7) is 5.21. The Morgan fingerprint density at radius 3 is 2.50 bits per heavy atom. The molecule has 0 aliphatic carbocycles. The molecule has 1 aromatic rings. The lowest BCUT2D eigenvalue weighted by molar-refractivity contribution is -0.135. The van der Waals surface area contributed by atoms with Gasteiger partial charge >= 0.3 is 5.97 Å². The summed E-state index contributed by atoms with van der Waals surface area (Å²) in [6, 6.07) is 3.13. The quantitative estimate of drug-likeness (QED) is 0.806. The Labute approximate surface area is 105 Å². The number of nitrogens with zero attached hydrogens (tertiary/aromatic N) is 2. The fourth-order valence-electron chi connectivity index (χ4n) is 1.60. The van der Waals surface area contributed by atoms with E-state index in [0.29, 0.717) is 11.5 Å². The molecule has 0 fully saturated rings. The van der Waals surface area contributed by atoms with Gasteiger partial charge in [0, 0.05) is 11.7 Å². The standard InChI is InChI=1S/C12H17N3O3/c1-7(2)15(6-10(16)17)12-9(11(13)18)5-4-8(3)14-12/h4-5,7H,6H2,1-3H3,(H2,13,18)(H,16,17). The van der Waals surface area contributed by atoms with Crippen molar-refractivity contribution in [2.24, 2.45) is 5.73 Å². The average Bonchev–Trinajstić information content (AvgIpc) is 2.24. The van der Waals surface area contributed by atoms with Gasteiger partial charge in [0.2, 0.25) is 0 Å². The third kappa shape index (κ3) is 3.19. The van der Waals surface area contributed by atoms with Crippen LogP contribution in [0.3, 0.4) is 0 Å². The van der Waals surface area contributed by atoms with Crippen LogP contribution in [0.25, 0.3) is 0 Å². The van der Waals surface area contributed by atoms with Crippen molar-refractivity contribution in [1.82, 2.24) is 4.98 Å². The first-order chi connectivity index (χ1) is 8.32. The highest BCUT2D eigenvalue weighted by molar-refractivity contribution is 5.98. The summed E-state index contributed by atoms with van der Waals surface area (Å²) in [5.74, 6) is -1.28. The molecule has 0 aromatic carbocycles. The third-order valence-electron chi connectivity index (χ3n) is 2.48. The van der Waals surface area contributed by atoms with Crippen LogP contribution in [0.2, 0.25) is 0 Å². The molecule has 98 valence electrons. The van der Waals surface area contributed by atoms with Gasteiger partial charge in [-0.25, -0.2) is 4.98 Å². The number of carboxylic acids is 1. The molecule has 1 rings (SSSR count). The minimum Gasteiger partial charge on any atom is -0.480 e. The predicted molar refractivity (Wildman–Crippen MR) is 67.6 cm³/mol. The monoisotopic (exact) mass is 251 g/mol. The maximum Gasteiger partial charge on any atom is 0.323 e. The highest BCUT2D eigenvalue weighted by Gasteiger charge is 2.21. The molecule has 0 radical (unpaired) electrons. The molecule has 6 nitrogen and oxygen atoms in total. The Morgan fingerprint density at radius 1 is 1.44 bits per heavy atom. The third-order valence-corrected chi connectivity index (χ3v) is 2.48. The van der Waals surface area contributed by atoms with E-state index in [1.54, 1.807) is 19.1 Å². The van der Waals surface area contributed by atoms with E-state index in [1.807, 2.05) is 13.8 Å². The lowest BCUT2D eigenvalue weighted by atomic mass is 10.2. The molecular formula is C12H17N3O3. The predicted octanol–water partition coefficient (Wildman–Crippen LogP) is 0.788. The van der Waals surface area contributed by atoms with Gasteiger partial charge in [-0.3, -0.25) is 9.59 Å². The molecule has 6 heteroatoms. The van der Waals surface area contributed by atoms with Crippen LogP contribution in [0.1, 0.15) is 29.9 Å². The number of aromatic nitrogens is 1. The van der Waals surface area contributed by atoms with Crippen LogP contribution in [-0.4, -0.2) is 34.6 Å². The number of rotatable bonds is 5. The first-order valence-corrected chi connectivity index (χ1v) is 5.58. The van der Waals surface area contributed by atoms with Gasteiger partial charge in [-0.2, -0.15) is 0 Å². The van der Waals surface area contributed by atoms with Crippen molar-refractivity contribution < 1.29 is 14.7 Å². The summed E-state index contributed by atoms with van der Waals surface area (Å²) in [4.78, 5) is 28.0. The molecular weight excluding hydrogens is 234 g/mol. The Hall–Kier alpha value is -2.11. The van der Waals surface area contributed by atoms with E-state index in [1.165, 1.54) is 4.90 Å². The summed E-state index contributed by atoms with van der Waals surface area (Å²) in [5, 5.41) is 8.91. The van der Waals surface area contributed by atoms with Crippen LogP contribution in [0.4, 0.5) is 5.82 Å². The molecule has 1 amide bonds. The van der Waals surface area contributed by atoms with Gasteiger partial charge in [0.25, 0.3) is 5.91 Å². The topological polar surface area (TPSA) is 96.5 Å². The molecule has 1 aromatic heterocycles.